The molecule has 32 heavy (non-hydrogen) atoms. The average molecular weight is 439 g/mol. The van der Waals surface area contributed by atoms with E-state index in [0.29, 0.717) is 19.0 Å². The Morgan fingerprint density at radius 3 is 2.44 bits per heavy atom. The highest BCUT2D eigenvalue weighted by molar-refractivity contribution is 5.81. The molecule has 0 radical (unpaired) electrons. The number of piperidine rings is 1. The Morgan fingerprint density at radius 1 is 1.16 bits per heavy atom. The van der Waals surface area contributed by atoms with E-state index in [4.69, 9.17) is 9.97 Å². The molecule has 170 valence electrons. The number of likely N-dealkylation sites (tertiary alicyclic amines) is 1. The van der Waals surface area contributed by atoms with Crippen molar-refractivity contribution in [2.45, 2.75) is 58.9 Å². The van der Waals surface area contributed by atoms with Crippen LogP contribution in [0.1, 0.15) is 60.4 Å². The van der Waals surface area contributed by atoms with E-state index in [-0.39, 0.29) is 35.9 Å². The monoisotopic (exact) mass is 438 g/mol. The Labute approximate surface area is 188 Å². The molecule has 6 nitrogen and oxygen atoms in total. The summed E-state index contributed by atoms with van der Waals surface area (Å²) in [5.74, 6) is 1.49. The number of amides is 2. The van der Waals surface area contributed by atoms with Gasteiger partial charge in [-0.3, -0.25) is 9.59 Å². The van der Waals surface area contributed by atoms with Gasteiger partial charge in [0, 0.05) is 48.4 Å². The van der Waals surface area contributed by atoms with Crippen LogP contribution in [0, 0.1) is 31.5 Å². The second-order valence-electron chi connectivity index (χ2n) is 9.25. The normalized spacial score (nSPS) is 22.5. The fourth-order valence-electron chi connectivity index (χ4n) is 4.52. The Balaban J connectivity index is 1.38. The summed E-state index contributed by atoms with van der Waals surface area (Å²) < 4.78 is 13.0. The lowest BCUT2D eigenvalue weighted by atomic mass is 9.96. The van der Waals surface area contributed by atoms with Crippen molar-refractivity contribution < 1.29 is 14.0 Å². The van der Waals surface area contributed by atoms with E-state index in [1.54, 1.807) is 12.1 Å². The van der Waals surface area contributed by atoms with Crippen LogP contribution in [0.3, 0.4) is 0 Å². The highest BCUT2D eigenvalue weighted by Crippen LogP contribution is 2.40. The first-order valence-corrected chi connectivity index (χ1v) is 11.5. The SMILES string of the molecule is Cc1nc([C@@H]2CCCN(C(=O)[C@@H]3C[C@@H]3C)C2)nc(C)c1CC(=O)NCc1ccc(F)cc1. The molecule has 0 unspecified atom stereocenters. The number of carbonyl (C=O) groups is 2. The third kappa shape index (κ3) is 5.14. The number of rotatable bonds is 6. The maximum absolute atomic E-state index is 13.0. The number of aromatic nitrogens is 2. The van der Waals surface area contributed by atoms with E-state index in [2.05, 4.69) is 12.2 Å². The van der Waals surface area contributed by atoms with Crippen LogP contribution in [0.5, 0.6) is 0 Å². The summed E-state index contributed by atoms with van der Waals surface area (Å²) in [5.41, 5.74) is 3.30. The molecule has 2 aliphatic rings. The molecule has 1 aliphatic carbocycles. The maximum Gasteiger partial charge on any atom is 0.225 e. The van der Waals surface area contributed by atoms with Gasteiger partial charge in [-0.25, -0.2) is 14.4 Å². The van der Waals surface area contributed by atoms with Crippen LogP contribution in [-0.2, 0) is 22.6 Å². The van der Waals surface area contributed by atoms with Gasteiger partial charge in [0.2, 0.25) is 11.8 Å². The first kappa shape index (κ1) is 22.4. The fourth-order valence-corrected chi connectivity index (χ4v) is 4.52. The second-order valence-corrected chi connectivity index (χ2v) is 9.25. The van der Waals surface area contributed by atoms with Gasteiger partial charge in [0.05, 0.1) is 6.42 Å². The molecule has 2 amide bonds. The van der Waals surface area contributed by atoms with E-state index >= 15 is 0 Å². The third-order valence-electron chi connectivity index (χ3n) is 6.70. The summed E-state index contributed by atoms with van der Waals surface area (Å²) in [4.78, 5) is 36.6. The first-order chi connectivity index (χ1) is 15.3. The van der Waals surface area contributed by atoms with Gasteiger partial charge in [-0.1, -0.05) is 19.1 Å². The summed E-state index contributed by atoms with van der Waals surface area (Å²) in [6.45, 7) is 7.81. The van der Waals surface area contributed by atoms with Gasteiger partial charge >= 0.3 is 0 Å². The molecule has 7 heteroatoms. The number of hydrogen-bond donors (Lipinski definition) is 1. The number of hydrogen-bond acceptors (Lipinski definition) is 4. The molecular weight excluding hydrogens is 407 g/mol. The van der Waals surface area contributed by atoms with E-state index in [1.807, 2.05) is 18.7 Å². The van der Waals surface area contributed by atoms with Crippen molar-refractivity contribution in [1.82, 2.24) is 20.2 Å². The average Bonchev–Trinajstić information content (AvgIpc) is 3.51. The van der Waals surface area contributed by atoms with E-state index in [0.717, 1.165) is 54.1 Å². The maximum atomic E-state index is 13.0. The molecule has 1 aromatic carbocycles. The number of halogens is 1. The van der Waals surface area contributed by atoms with Crippen molar-refractivity contribution in [1.29, 1.82) is 0 Å². The number of carbonyl (C=O) groups excluding carboxylic acids is 2. The predicted molar refractivity (Wildman–Crippen MR) is 119 cm³/mol. The minimum absolute atomic E-state index is 0.120. The van der Waals surface area contributed by atoms with E-state index in [1.165, 1.54) is 12.1 Å². The molecule has 1 aromatic heterocycles. The number of aryl methyl sites for hydroxylation is 2. The summed E-state index contributed by atoms with van der Waals surface area (Å²) >= 11 is 0. The molecule has 1 aliphatic heterocycles. The van der Waals surface area contributed by atoms with Crippen molar-refractivity contribution in [3.05, 3.63) is 58.4 Å². The standard InChI is InChI=1S/C25H31FN4O2/c1-15-11-21(15)25(32)30-10-4-5-19(14-30)24-28-16(2)22(17(3)29-24)12-23(31)27-13-18-6-8-20(26)9-7-18/h6-9,15,19,21H,4-5,10-14H2,1-3H3,(H,27,31)/t15-,19+,21+/m0/s1. The molecule has 2 aromatic rings. The molecule has 1 N–H and O–H groups in total. The van der Waals surface area contributed by atoms with Crippen molar-refractivity contribution in [3.63, 3.8) is 0 Å². The van der Waals surface area contributed by atoms with E-state index in [9.17, 15) is 14.0 Å². The first-order valence-electron chi connectivity index (χ1n) is 11.5. The minimum atomic E-state index is -0.295. The van der Waals surface area contributed by atoms with Crippen LogP contribution in [0.4, 0.5) is 4.39 Å². The van der Waals surface area contributed by atoms with Gasteiger partial charge in [-0.15, -0.1) is 0 Å². The van der Waals surface area contributed by atoms with E-state index < -0.39 is 0 Å². The molecule has 1 saturated carbocycles. The van der Waals surface area contributed by atoms with Gasteiger partial charge in [-0.2, -0.15) is 0 Å². The topological polar surface area (TPSA) is 75.2 Å². The zero-order valence-corrected chi connectivity index (χ0v) is 19.0. The van der Waals surface area contributed by atoms with Crippen LogP contribution < -0.4 is 5.32 Å². The highest BCUT2D eigenvalue weighted by atomic mass is 19.1. The van der Waals surface area contributed by atoms with Gasteiger partial charge in [0.1, 0.15) is 11.6 Å². The van der Waals surface area contributed by atoms with Crippen LogP contribution in [0.15, 0.2) is 24.3 Å². The largest absolute Gasteiger partial charge is 0.352 e. The van der Waals surface area contributed by atoms with Gasteiger partial charge < -0.3 is 10.2 Å². The number of benzene rings is 1. The van der Waals surface area contributed by atoms with Crippen LogP contribution in [0.25, 0.3) is 0 Å². The Morgan fingerprint density at radius 2 is 1.81 bits per heavy atom. The Kier molecular flexibility index (Phi) is 6.53. The summed E-state index contributed by atoms with van der Waals surface area (Å²) in [6.07, 6.45) is 3.15. The number of nitrogens with zero attached hydrogens (tertiary/aromatic N) is 3. The summed E-state index contributed by atoms with van der Waals surface area (Å²) in [6, 6.07) is 6.08. The lowest BCUT2D eigenvalue weighted by molar-refractivity contribution is -0.134. The van der Waals surface area contributed by atoms with Crippen molar-refractivity contribution in [2.24, 2.45) is 11.8 Å². The fraction of sp³-hybridized carbons (Fsp3) is 0.520. The molecule has 3 atom stereocenters. The smallest absolute Gasteiger partial charge is 0.225 e. The molecule has 1 saturated heterocycles. The van der Waals surface area contributed by atoms with Crippen LogP contribution in [0.2, 0.25) is 0 Å². The Hall–Kier alpha value is -2.83. The lowest BCUT2D eigenvalue weighted by Gasteiger charge is -2.32. The van der Waals surface area contributed by atoms with Gasteiger partial charge in [0.25, 0.3) is 0 Å². The zero-order chi connectivity index (χ0) is 22.8. The summed E-state index contributed by atoms with van der Waals surface area (Å²) in [7, 11) is 0. The molecule has 4 rings (SSSR count). The summed E-state index contributed by atoms with van der Waals surface area (Å²) in [5, 5.41) is 2.88. The predicted octanol–water partition coefficient (Wildman–Crippen LogP) is 3.45. The van der Waals surface area contributed by atoms with Crippen LogP contribution in [-0.4, -0.2) is 39.8 Å². The lowest BCUT2D eigenvalue weighted by Crippen LogP contribution is -2.40. The molecule has 2 fully saturated rings. The Bertz CT molecular complexity index is 984. The molecular formula is C25H31FN4O2. The quantitative estimate of drug-likeness (QED) is 0.750. The van der Waals surface area contributed by atoms with Gasteiger partial charge in [0.15, 0.2) is 0 Å². The molecule has 0 bridgehead atoms. The zero-order valence-electron chi connectivity index (χ0n) is 19.0. The van der Waals surface area contributed by atoms with Crippen molar-refractivity contribution >= 4 is 11.8 Å². The second kappa shape index (κ2) is 9.35. The van der Waals surface area contributed by atoms with Gasteiger partial charge in [-0.05, 0) is 56.7 Å². The van der Waals surface area contributed by atoms with Crippen LogP contribution >= 0.6 is 0 Å². The molecule has 0 spiro atoms. The molecule has 2 heterocycles. The van der Waals surface area contributed by atoms with Crippen molar-refractivity contribution in [3.8, 4) is 0 Å². The third-order valence-corrected chi connectivity index (χ3v) is 6.70. The van der Waals surface area contributed by atoms with Crippen molar-refractivity contribution in [2.75, 3.05) is 13.1 Å². The number of nitrogens with one attached hydrogen (secondary N) is 1. The highest BCUT2D eigenvalue weighted by Gasteiger charge is 2.42. The minimum Gasteiger partial charge on any atom is -0.352 e.